The lowest BCUT2D eigenvalue weighted by molar-refractivity contribution is -0.136. The highest BCUT2D eigenvalue weighted by Gasteiger charge is 2.40. The summed E-state index contributed by atoms with van der Waals surface area (Å²) in [6, 6.07) is 17.9. The summed E-state index contributed by atoms with van der Waals surface area (Å²) >= 11 is 1.73. The van der Waals surface area contributed by atoms with Crippen molar-refractivity contribution in [1.29, 1.82) is 0 Å². The van der Waals surface area contributed by atoms with Gasteiger partial charge in [0.15, 0.2) is 0 Å². The molecule has 6 heterocycles. The van der Waals surface area contributed by atoms with Gasteiger partial charge in [0, 0.05) is 53.1 Å². The third-order valence-corrected chi connectivity index (χ3v) is 11.2. The number of amides is 4. The van der Waals surface area contributed by atoms with Gasteiger partial charge >= 0.3 is 0 Å². The number of likely N-dealkylation sites (tertiary alicyclic amines) is 1. The molecule has 2 fully saturated rings. The Morgan fingerprint density at radius 1 is 0.981 bits per heavy atom. The van der Waals surface area contributed by atoms with Crippen LogP contribution >= 0.6 is 11.8 Å². The van der Waals surface area contributed by atoms with E-state index in [4.69, 9.17) is 10.7 Å². The Morgan fingerprint density at radius 3 is 2.65 bits per heavy atom. The Hall–Kier alpha value is -5.60. The first-order valence-corrected chi connectivity index (χ1v) is 18.4. The average molecular weight is 716 g/mol. The second-order valence-corrected chi connectivity index (χ2v) is 14.3. The van der Waals surface area contributed by atoms with Crippen LogP contribution in [0, 0.1) is 0 Å². The van der Waals surface area contributed by atoms with Crippen molar-refractivity contribution in [1.82, 2.24) is 34.5 Å². The van der Waals surface area contributed by atoms with E-state index in [-0.39, 0.29) is 30.2 Å². The standard InChI is InChI=1S/C38H37N9O4S/c39-34-33-32(23-10-12-24(13-11-23)36(49)42-30-9-1-2-16-40-30)44-35(46(33)20-17-41-34)27-7-4-18-45(27)19-5-21-52-29-8-3-6-25-26(29)22-47(38(25)51)28-14-15-31(48)43-37(28)50/h1-3,6,8-13,16-17,20,27-28H,4-5,7,14-15,18-19,21-22H2,(H2,39,41)(H,40,42,49)(H,43,48,50)/t27-,28?/m0/s1. The SMILES string of the molecule is Nc1nccn2c([C@@H]3CCCN3CCCSc3cccc4c3CN(C3CCC(=O)NC3=O)C4=O)nc(-c3ccc(C(=O)Nc4ccccn4)cc3)c12. The van der Waals surface area contributed by atoms with Crippen LogP contribution in [0.25, 0.3) is 16.8 Å². The lowest BCUT2D eigenvalue weighted by atomic mass is 10.0. The van der Waals surface area contributed by atoms with Crippen molar-refractivity contribution < 1.29 is 19.2 Å². The summed E-state index contributed by atoms with van der Waals surface area (Å²) in [5.41, 5.74) is 10.8. The Kier molecular flexibility index (Phi) is 9.16. The van der Waals surface area contributed by atoms with Crippen molar-refractivity contribution in [3.8, 4) is 11.3 Å². The minimum atomic E-state index is -0.628. The number of thioether (sulfide) groups is 1. The normalized spacial score (nSPS) is 18.9. The Morgan fingerprint density at radius 2 is 1.85 bits per heavy atom. The minimum Gasteiger partial charge on any atom is -0.382 e. The predicted molar refractivity (Wildman–Crippen MR) is 196 cm³/mol. The molecular formula is C38H37N9O4S. The maximum Gasteiger partial charge on any atom is 0.256 e. The van der Waals surface area contributed by atoms with E-state index in [9.17, 15) is 19.2 Å². The summed E-state index contributed by atoms with van der Waals surface area (Å²) < 4.78 is 2.05. The molecule has 264 valence electrons. The summed E-state index contributed by atoms with van der Waals surface area (Å²) in [6.07, 6.45) is 8.76. The summed E-state index contributed by atoms with van der Waals surface area (Å²) in [7, 11) is 0. The van der Waals surface area contributed by atoms with Gasteiger partial charge < -0.3 is 16.0 Å². The molecular weight excluding hydrogens is 679 g/mol. The molecule has 13 nitrogen and oxygen atoms in total. The van der Waals surface area contributed by atoms with Crippen LogP contribution < -0.4 is 16.4 Å². The number of benzene rings is 2. The number of hydrogen-bond acceptors (Lipinski definition) is 10. The van der Waals surface area contributed by atoms with Crippen molar-refractivity contribution >= 4 is 52.5 Å². The second kappa shape index (κ2) is 14.2. The molecule has 52 heavy (non-hydrogen) atoms. The van der Waals surface area contributed by atoms with E-state index in [0.717, 1.165) is 71.2 Å². The van der Waals surface area contributed by atoms with Crippen molar-refractivity contribution in [2.75, 3.05) is 29.9 Å². The lowest BCUT2D eigenvalue weighted by Crippen LogP contribution is -2.52. The molecule has 0 spiro atoms. The van der Waals surface area contributed by atoms with Gasteiger partial charge in [-0.05, 0) is 86.5 Å². The fourth-order valence-corrected chi connectivity index (χ4v) is 8.47. The summed E-state index contributed by atoms with van der Waals surface area (Å²) in [5, 5.41) is 5.19. The number of anilines is 2. The van der Waals surface area contributed by atoms with Crippen LogP contribution in [0.4, 0.5) is 11.6 Å². The highest BCUT2D eigenvalue weighted by molar-refractivity contribution is 7.99. The molecule has 0 aliphatic carbocycles. The Labute approximate surface area is 304 Å². The first kappa shape index (κ1) is 33.5. The number of hydrogen-bond donors (Lipinski definition) is 3. The van der Waals surface area contributed by atoms with E-state index >= 15 is 0 Å². The summed E-state index contributed by atoms with van der Waals surface area (Å²) in [5.74, 6) is 1.54. The molecule has 0 bridgehead atoms. The molecule has 3 aromatic heterocycles. The molecule has 2 aromatic carbocycles. The smallest absolute Gasteiger partial charge is 0.256 e. The first-order chi connectivity index (χ1) is 25.4. The van der Waals surface area contributed by atoms with Crippen LogP contribution in [0.3, 0.4) is 0 Å². The van der Waals surface area contributed by atoms with Crippen LogP contribution in [0.15, 0.2) is 84.1 Å². The molecule has 0 saturated carbocycles. The van der Waals surface area contributed by atoms with E-state index in [1.54, 1.807) is 53.3 Å². The summed E-state index contributed by atoms with van der Waals surface area (Å²) in [6.45, 7) is 2.20. The van der Waals surface area contributed by atoms with Gasteiger partial charge in [-0.3, -0.25) is 33.8 Å². The van der Waals surface area contributed by atoms with E-state index < -0.39 is 11.9 Å². The van der Waals surface area contributed by atoms with Crippen molar-refractivity contribution in [3.05, 3.63) is 102 Å². The minimum absolute atomic E-state index is 0.0946. The molecule has 1 unspecified atom stereocenters. The van der Waals surface area contributed by atoms with Gasteiger partial charge in [-0.1, -0.05) is 24.3 Å². The highest BCUT2D eigenvalue weighted by Crippen LogP contribution is 2.38. The van der Waals surface area contributed by atoms with Crippen LogP contribution in [-0.4, -0.2) is 77.7 Å². The lowest BCUT2D eigenvalue weighted by Gasteiger charge is -2.29. The largest absolute Gasteiger partial charge is 0.382 e. The molecule has 3 aliphatic heterocycles. The zero-order chi connectivity index (χ0) is 35.8. The fraction of sp³-hybridized carbons (Fsp3) is 0.289. The van der Waals surface area contributed by atoms with E-state index in [0.29, 0.717) is 35.7 Å². The second-order valence-electron chi connectivity index (χ2n) is 13.2. The zero-order valence-corrected chi connectivity index (χ0v) is 29.1. The fourth-order valence-electron chi connectivity index (χ4n) is 7.46. The number of piperidine rings is 1. The molecule has 3 aliphatic rings. The number of nitrogens with zero attached hydrogens (tertiary/aromatic N) is 6. The maximum absolute atomic E-state index is 13.3. The van der Waals surface area contributed by atoms with Gasteiger partial charge in [0.2, 0.25) is 11.8 Å². The van der Waals surface area contributed by atoms with Gasteiger partial charge in [-0.25, -0.2) is 15.0 Å². The number of rotatable bonds is 10. The number of aromatic nitrogens is 4. The van der Waals surface area contributed by atoms with Crippen molar-refractivity contribution in [2.24, 2.45) is 0 Å². The van der Waals surface area contributed by atoms with Gasteiger partial charge in [0.1, 0.15) is 34.7 Å². The molecule has 4 amide bonds. The monoisotopic (exact) mass is 715 g/mol. The quantitative estimate of drug-likeness (QED) is 0.105. The number of imidazole rings is 1. The third kappa shape index (κ3) is 6.39. The maximum atomic E-state index is 13.3. The van der Waals surface area contributed by atoms with Crippen LogP contribution in [0.2, 0.25) is 0 Å². The van der Waals surface area contributed by atoms with Crippen LogP contribution in [0.1, 0.15) is 70.2 Å². The van der Waals surface area contributed by atoms with Gasteiger partial charge in [0.05, 0.1) is 6.04 Å². The average Bonchev–Trinajstić information content (AvgIpc) is 3.87. The first-order valence-electron chi connectivity index (χ1n) is 17.4. The summed E-state index contributed by atoms with van der Waals surface area (Å²) in [4.78, 5) is 69.1. The number of imide groups is 1. The highest BCUT2D eigenvalue weighted by atomic mass is 32.2. The molecule has 2 atom stereocenters. The van der Waals surface area contributed by atoms with E-state index in [1.165, 1.54) is 0 Å². The number of carbonyl (C=O) groups is 4. The van der Waals surface area contributed by atoms with Crippen LogP contribution in [-0.2, 0) is 16.1 Å². The number of pyridine rings is 1. The zero-order valence-electron chi connectivity index (χ0n) is 28.3. The Bertz CT molecular complexity index is 2190. The molecule has 8 rings (SSSR count). The van der Waals surface area contributed by atoms with Gasteiger partial charge in [-0.15, -0.1) is 11.8 Å². The Balaban J connectivity index is 0.945. The van der Waals surface area contributed by atoms with E-state index in [1.807, 2.05) is 42.6 Å². The molecule has 2 saturated heterocycles. The molecule has 5 aromatic rings. The predicted octanol–water partition coefficient (Wildman–Crippen LogP) is 4.71. The number of nitrogens with two attached hydrogens (primary N) is 1. The molecule has 0 radical (unpaired) electrons. The van der Waals surface area contributed by atoms with Crippen LogP contribution in [0.5, 0.6) is 0 Å². The topological polar surface area (TPSA) is 168 Å². The molecule has 14 heteroatoms. The van der Waals surface area contributed by atoms with Crippen molar-refractivity contribution in [2.45, 2.75) is 55.6 Å². The van der Waals surface area contributed by atoms with E-state index in [2.05, 4.69) is 29.9 Å². The number of nitrogens with one attached hydrogen (secondary N) is 2. The number of carbonyl (C=O) groups excluding carboxylic acids is 4. The number of fused-ring (bicyclic) bond motifs is 2. The molecule has 4 N–H and O–H groups in total. The van der Waals surface area contributed by atoms with Crippen molar-refractivity contribution in [3.63, 3.8) is 0 Å². The third-order valence-electron chi connectivity index (χ3n) is 9.99. The van der Waals surface area contributed by atoms with Gasteiger partial charge in [-0.2, -0.15) is 0 Å². The van der Waals surface area contributed by atoms with Gasteiger partial charge in [0.25, 0.3) is 11.8 Å². The number of nitrogen functional groups attached to an aromatic ring is 1.